The normalized spacial score (nSPS) is 26.0. The fourth-order valence-corrected chi connectivity index (χ4v) is 3.08. The van der Waals surface area contributed by atoms with E-state index in [0.717, 1.165) is 20.8 Å². The first-order valence-electron chi connectivity index (χ1n) is 9.12. The molecule has 174 valence electrons. The van der Waals surface area contributed by atoms with Gasteiger partial charge in [-0.2, -0.15) is 0 Å². The number of hydrogen-bond acceptors (Lipinski definition) is 11. The SMILES string of the molecule is CC(=O)OCC1O[C@@H](OCC(I)CN=[N+]=[N-])C(OC(C)=O)C(OC(C)=O)[C@H]1OC(C)=O. The van der Waals surface area contributed by atoms with Crippen LogP contribution in [0.4, 0.5) is 0 Å². The van der Waals surface area contributed by atoms with Crippen molar-refractivity contribution in [2.45, 2.75) is 62.3 Å². The molecule has 0 bridgehead atoms. The van der Waals surface area contributed by atoms with Gasteiger partial charge >= 0.3 is 23.9 Å². The van der Waals surface area contributed by atoms with Gasteiger partial charge < -0.3 is 28.4 Å². The van der Waals surface area contributed by atoms with E-state index in [2.05, 4.69) is 10.0 Å². The fraction of sp³-hybridized carbons (Fsp3) is 0.765. The van der Waals surface area contributed by atoms with E-state index in [4.69, 9.17) is 34.0 Å². The van der Waals surface area contributed by atoms with Gasteiger partial charge in [-0.1, -0.05) is 27.7 Å². The van der Waals surface area contributed by atoms with Gasteiger partial charge in [0.2, 0.25) is 0 Å². The lowest BCUT2D eigenvalue weighted by Crippen LogP contribution is -2.63. The maximum absolute atomic E-state index is 11.7. The molecule has 0 N–H and O–H groups in total. The second-order valence-corrected chi connectivity index (χ2v) is 8.17. The van der Waals surface area contributed by atoms with Crippen molar-refractivity contribution in [2.24, 2.45) is 5.11 Å². The summed E-state index contributed by atoms with van der Waals surface area (Å²) in [5.74, 6) is -2.79. The summed E-state index contributed by atoms with van der Waals surface area (Å²) in [7, 11) is 0. The third kappa shape index (κ3) is 9.67. The summed E-state index contributed by atoms with van der Waals surface area (Å²) in [5, 5.41) is 3.45. The van der Waals surface area contributed by atoms with Crippen LogP contribution in [-0.4, -0.2) is 78.3 Å². The summed E-state index contributed by atoms with van der Waals surface area (Å²) >= 11 is 1.99. The number of azide groups is 1. The highest BCUT2D eigenvalue weighted by atomic mass is 127. The second kappa shape index (κ2) is 13.3. The first-order valence-corrected chi connectivity index (χ1v) is 10.4. The number of ether oxygens (including phenoxy) is 6. The summed E-state index contributed by atoms with van der Waals surface area (Å²) in [6.07, 6.45) is -6.18. The quantitative estimate of drug-likeness (QED) is 0.0723. The Morgan fingerprint density at radius 1 is 0.968 bits per heavy atom. The summed E-state index contributed by atoms with van der Waals surface area (Å²) in [6.45, 7) is 4.38. The van der Waals surface area contributed by atoms with Crippen LogP contribution in [0.3, 0.4) is 0 Å². The van der Waals surface area contributed by atoms with Crippen molar-refractivity contribution in [3.8, 4) is 0 Å². The van der Waals surface area contributed by atoms with Gasteiger partial charge in [-0.05, 0) is 5.53 Å². The monoisotopic (exact) mass is 557 g/mol. The highest BCUT2D eigenvalue weighted by molar-refractivity contribution is 14.1. The lowest BCUT2D eigenvalue weighted by Gasteiger charge is -2.44. The van der Waals surface area contributed by atoms with E-state index >= 15 is 0 Å². The van der Waals surface area contributed by atoms with Crippen LogP contribution < -0.4 is 0 Å². The Balaban J connectivity index is 3.22. The molecule has 0 amide bonds. The molecule has 1 aliphatic rings. The van der Waals surface area contributed by atoms with E-state index in [1.54, 1.807) is 0 Å². The average Bonchev–Trinajstić information content (AvgIpc) is 2.65. The van der Waals surface area contributed by atoms with Gasteiger partial charge in [-0.25, -0.2) is 0 Å². The fourth-order valence-electron chi connectivity index (χ4n) is 2.70. The number of halogens is 1. The molecular weight excluding hydrogens is 533 g/mol. The van der Waals surface area contributed by atoms with E-state index in [0.29, 0.717) is 0 Å². The van der Waals surface area contributed by atoms with Crippen LogP contribution in [-0.2, 0) is 47.6 Å². The van der Waals surface area contributed by atoms with Gasteiger partial charge in [0.1, 0.15) is 12.7 Å². The van der Waals surface area contributed by atoms with Gasteiger partial charge in [0, 0.05) is 43.1 Å². The lowest BCUT2D eigenvalue weighted by molar-refractivity contribution is -0.307. The summed E-state index contributed by atoms with van der Waals surface area (Å²) in [4.78, 5) is 49.0. The maximum atomic E-state index is 11.7. The topological polar surface area (TPSA) is 172 Å². The van der Waals surface area contributed by atoms with Crippen molar-refractivity contribution in [3.63, 3.8) is 0 Å². The minimum Gasteiger partial charge on any atom is -0.463 e. The highest BCUT2D eigenvalue weighted by Crippen LogP contribution is 2.30. The van der Waals surface area contributed by atoms with Crippen molar-refractivity contribution in [1.82, 2.24) is 0 Å². The first-order chi connectivity index (χ1) is 14.5. The smallest absolute Gasteiger partial charge is 0.303 e. The molecule has 1 aliphatic heterocycles. The number of hydrogen-bond donors (Lipinski definition) is 0. The third-order valence-corrected chi connectivity index (χ3v) is 4.49. The average molecular weight is 557 g/mol. The minimum atomic E-state index is -1.30. The molecule has 13 nitrogen and oxygen atoms in total. The summed E-state index contributed by atoms with van der Waals surface area (Å²) < 4.78 is 32.0. The molecular formula is C17H24IN3O10. The number of nitrogens with zero attached hydrogens (tertiary/aromatic N) is 3. The molecule has 0 radical (unpaired) electrons. The van der Waals surface area contributed by atoms with Crippen molar-refractivity contribution >= 4 is 46.5 Å². The van der Waals surface area contributed by atoms with Gasteiger partial charge in [0.15, 0.2) is 24.6 Å². The van der Waals surface area contributed by atoms with Crippen LogP contribution in [0.25, 0.3) is 10.4 Å². The Kier molecular flexibility index (Phi) is 11.5. The molecule has 0 aromatic rings. The van der Waals surface area contributed by atoms with E-state index < -0.39 is 54.6 Å². The van der Waals surface area contributed by atoms with Crippen LogP contribution in [0.5, 0.6) is 0 Å². The molecule has 0 saturated carbocycles. The van der Waals surface area contributed by atoms with E-state index in [-0.39, 0.29) is 23.7 Å². The zero-order chi connectivity index (χ0) is 23.6. The maximum Gasteiger partial charge on any atom is 0.303 e. The number of carbonyl (C=O) groups is 4. The molecule has 1 rings (SSSR count). The molecule has 4 unspecified atom stereocenters. The van der Waals surface area contributed by atoms with Crippen LogP contribution in [0.2, 0.25) is 0 Å². The van der Waals surface area contributed by atoms with Crippen LogP contribution in [0.1, 0.15) is 27.7 Å². The molecule has 1 fully saturated rings. The standard InChI is InChI=1S/C17H24IN3O10/c1-8(22)26-7-13-14(28-9(2)23)15(29-10(3)24)16(30-11(4)25)17(31-13)27-6-12(18)5-20-21-19/h12-17H,5-7H2,1-4H3/t12?,13?,14-,15?,16?,17+/m0/s1. The Hall–Kier alpha value is -2.16. The molecule has 31 heavy (non-hydrogen) atoms. The predicted molar refractivity (Wildman–Crippen MR) is 110 cm³/mol. The van der Waals surface area contributed by atoms with Crippen molar-refractivity contribution in [1.29, 1.82) is 0 Å². The van der Waals surface area contributed by atoms with E-state index in [9.17, 15) is 19.2 Å². The molecule has 14 heteroatoms. The Morgan fingerprint density at radius 2 is 1.52 bits per heavy atom. The summed E-state index contributed by atoms with van der Waals surface area (Å²) in [6, 6.07) is 0. The number of esters is 4. The molecule has 6 atom stereocenters. The van der Waals surface area contributed by atoms with Gasteiger partial charge in [0.05, 0.1) is 6.61 Å². The minimum absolute atomic E-state index is 0.0212. The largest absolute Gasteiger partial charge is 0.463 e. The number of rotatable bonds is 10. The van der Waals surface area contributed by atoms with Gasteiger partial charge in [-0.3, -0.25) is 19.2 Å². The predicted octanol–water partition coefficient (Wildman–Crippen LogP) is 1.20. The highest BCUT2D eigenvalue weighted by Gasteiger charge is 2.52. The van der Waals surface area contributed by atoms with Gasteiger partial charge in [0.25, 0.3) is 0 Å². The third-order valence-electron chi connectivity index (χ3n) is 3.73. The Labute approximate surface area is 191 Å². The molecule has 0 aliphatic carbocycles. The van der Waals surface area contributed by atoms with Gasteiger partial charge in [-0.15, -0.1) is 0 Å². The zero-order valence-electron chi connectivity index (χ0n) is 17.4. The van der Waals surface area contributed by atoms with E-state index in [1.165, 1.54) is 6.92 Å². The second-order valence-electron chi connectivity index (χ2n) is 6.41. The zero-order valence-corrected chi connectivity index (χ0v) is 19.5. The van der Waals surface area contributed by atoms with Crippen molar-refractivity contribution in [3.05, 3.63) is 10.4 Å². The van der Waals surface area contributed by atoms with Crippen molar-refractivity contribution < 1.29 is 47.6 Å². The number of alkyl halides is 1. The summed E-state index contributed by atoms with van der Waals surface area (Å²) in [5.41, 5.74) is 8.43. The Bertz CT molecular complexity index is 714. The number of carbonyl (C=O) groups excluding carboxylic acids is 4. The van der Waals surface area contributed by atoms with Crippen LogP contribution in [0, 0.1) is 0 Å². The Morgan fingerprint density at radius 3 is 2.03 bits per heavy atom. The van der Waals surface area contributed by atoms with Crippen LogP contribution >= 0.6 is 22.6 Å². The molecule has 0 aromatic carbocycles. The lowest BCUT2D eigenvalue weighted by atomic mass is 9.98. The molecule has 1 saturated heterocycles. The first kappa shape index (κ1) is 26.9. The van der Waals surface area contributed by atoms with Crippen molar-refractivity contribution in [2.75, 3.05) is 19.8 Å². The molecule has 1 heterocycles. The van der Waals surface area contributed by atoms with Crippen LogP contribution in [0.15, 0.2) is 5.11 Å². The molecule has 0 spiro atoms. The molecule has 0 aromatic heterocycles. The van der Waals surface area contributed by atoms with E-state index in [1.807, 2.05) is 22.6 Å².